The van der Waals surface area contributed by atoms with Gasteiger partial charge in [0.25, 0.3) is 0 Å². The minimum atomic E-state index is -0.0949. The first-order valence-corrected chi connectivity index (χ1v) is 8.03. The zero-order chi connectivity index (χ0) is 17.6. The molecular formula is C19H18N4O2. The Morgan fingerprint density at radius 2 is 1.84 bits per heavy atom. The van der Waals surface area contributed by atoms with Gasteiger partial charge in [0.05, 0.1) is 18.8 Å². The first-order valence-electron chi connectivity index (χ1n) is 8.03. The molecule has 0 unspecified atom stereocenters. The van der Waals surface area contributed by atoms with E-state index >= 15 is 0 Å². The smallest absolute Gasteiger partial charge is 0.187 e. The van der Waals surface area contributed by atoms with Crippen LogP contribution in [-0.2, 0) is 12.8 Å². The van der Waals surface area contributed by atoms with Gasteiger partial charge in [-0.05, 0) is 25.5 Å². The van der Waals surface area contributed by atoms with Gasteiger partial charge in [-0.15, -0.1) is 0 Å². The number of hydrogen-bond donors (Lipinski definition) is 0. The summed E-state index contributed by atoms with van der Waals surface area (Å²) >= 11 is 0. The van der Waals surface area contributed by atoms with Crippen LogP contribution in [0.15, 0.2) is 49.1 Å². The third-order valence-electron chi connectivity index (χ3n) is 3.56. The molecule has 0 amide bonds. The first-order chi connectivity index (χ1) is 12.1. The summed E-state index contributed by atoms with van der Waals surface area (Å²) < 4.78 is 5.75. The van der Waals surface area contributed by atoms with Crippen LogP contribution in [0.5, 0.6) is 11.5 Å². The topological polar surface area (TPSA) is 77.9 Å². The lowest BCUT2D eigenvalue weighted by molar-refractivity contribution is 0.0986. The third kappa shape index (κ3) is 4.44. The van der Waals surface area contributed by atoms with Crippen LogP contribution in [0, 0.1) is 6.92 Å². The van der Waals surface area contributed by atoms with Gasteiger partial charge in [-0.25, -0.2) is 15.0 Å². The summed E-state index contributed by atoms with van der Waals surface area (Å²) in [5, 5.41) is 0. The second-order valence-corrected chi connectivity index (χ2v) is 5.58. The van der Waals surface area contributed by atoms with Gasteiger partial charge in [-0.3, -0.25) is 9.78 Å². The van der Waals surface area contributed by atoms with Crippen LogP contribution in [0.25, 0.3) is 0 Å². The molecule has 126 valence electrons. The zero-order valence-corrected chi connectivity index (χ0v) is 14.1. The van der Waals surface area contributed by atoms with Crippen LogP contribution in [-0.4, -0.2) is 25.7 Å². The lowest BCUT2D eigenvalue weighted by atomic mass is 10.1. The van der Waals surface area contributed by atoms with Crippen LogP contribution >= 0.6 is 0 Å². The first kappa shape index (κ1) is 16.7. The number of nitrogens with zero attached hydrogens (tertiary/aromatic N) is 4. The number of carbonyl (C=O) groups excluding carboxylic acids is 1. The summed E-state index contributed by atoms with van der Waals surface area (Å²) in [6.45, 7) is 3.88. The van der Waals surface area contributed by atoms with E-state index in [2.05, 4.69) is 19.9 Å². The van der Waals surface area contributed by atoms with Gasteiger partial charge in [0.2, 0.25) is 0 Å². The fourth-order valence-corrected chi connectivity index (χ4v) is 2.37. The molecule has 6 heteroatoms. The molecule has 3 aromatic heterocycles. The highest BCUT2D eigenvalue weighted by molar-refractivity contribution is 5.95. The Balaban J connectivity index is 1.85. The molecule has 0 aliphatic heterocycles. The van der Waals surface area contributed by atoms with Crippen LogP contribution in [0.1, 0.15) is 34.5 Å². The average Bonchev–Trinajstić information content (AvgIpc) is 2.62. The lowest BCUT2D eigenvalue weighted by Gasteiger charge is -2.09. The molecule has 0 saturated carbocycles. The van der Waals surface area contributed by atoms with E-state index in [1.807, 2.05) is 38.1 Å². The maximum Gasteiger partial charge on any atom is 0.187 e. The summed E-state index contributed by atoms with van der Waals surface area (Å²) in [6.07, 6.45) is 5.47. The second kappa shape index (κ2) is 7.61. The number of pyridine rings is 2. The highest BCUT2D eigenvalue weighted by Gasteiger charge is 2.13. The van der Waals surface area contributed by atoms with E-state index < -0.39 is 0 Å². The Hall–Kier alpha value is -3.15. The Bertz CT molecular complexity index is 882. The summed E-state index contributed by atoms with van der Waals surface area (Å²) in [5.74, 6) is 0.958. The Labute approximate surface area is 146 Å². The number of carbonyl (C=O) groups is 1. The van der Waals surface area contributed by atoms with Crippen molar-refractivity contribution in [1.29, 1.82) is 0 Å². The minimum Gasteiger partial charge on any atom is -0.454 e. The van der Waals surface area contributed by atoms with Crippen molar-refractivity contribution in [1.82, 2.24) is 19.9 Å². The maximum atomic E-state index is 12.6. The third-order valence-corrected chi connectivity index (χ3v) is 3.56. The molecule has 3 rings (SSSR count). The molecule has 0 bridgehead atoms. The van der Waals surface area contributed by atoms with Crippen molar-refractivity contribution < 1.29 is 9.53 Å². The number of rotatable bonds is 6. The van der Waals surface area contributed by atoms with Crippen LogP contribution in [0.3, 0.4) is 0 Å². The Morgan fingerprint density at radius 1 is 1.04 bits per heavy atom. The molecule has 0 saturated heterocycles. The fraction of sp³-hybridized carbons (Fsp3) is 0.211. The van der Waals surface area contributed by atoms with E-state index in [1.165, 1.54) is 6.33 Å². The summed E-state index contributed by atoms with van der Waals surface area (Å²) in [5.41, 5.74) is 2.77. The highest BCUT2D eigenvalue weighted by atomic mass is 16.5. The molecule has 0 radical (unpaired) electrons. The van der Waals surface area contributed by atoms with E-state index in [0.717, 1.165) is 17.1 Å². The second-order valence-electron chi connectivity index (χ2n) is 5.58. The largest absolute Gasteiger partial charge is 0.454 e. The molecule has 6 nitrogen and oxygen atoms in total. The molecule has 25 heavy (non-hydrogen) atoms. The van der Waals surface area contributed by atoms with Gasteiger partial charge in [0.1, 0.15) is 17.8 Å². The Morgan fingerprint density at radius 3 is 2.56 bits per heavy atom. The number of ether oxygens (including phenoxy) is 1. The SMILES string of the molecule is CCc1cc(Oc2cncnc2)cc(C(=O)Cc2cccc(C)n2)n1. The van der Waals surface area contributed by atoms with Gasteiger partial charge < -0.3 is 4.74 Å². The molecule has 0 fully saturated rings. The zero-order valence-electron chi connectivity index (χ0n) is 14.1. The van der Waals surface area contributed by atoms with Crippen molar-refractivity contribution in [2.75, 3.05) is 0 Å². The number of hydrogen-bond acceptors (Lipinski definition) is 6. The van der Waals surface area contributed by atoms with Crippen LogP contribution in [0.2, 0.25) is 0 Å². The summed E-state index contributed by atoms with van der Waals surface area (Å²) in [6, 6.07) is 9.09. The molecule has 3 heterocycles. The molecule has 0 aliphatic carbocycles. The number of aromatic nitrogens is 4. The van der Waals surface area contributed by atoms with E-state index in [-0.39, 0.29) is 12.2 Å². The number of Topliss-reactive ketones (excluding diaryl/α,β-unsaturated/α-hetero) is 1. The van der Waals surface area contributed by atoms with E-state index in [4.69, 9.17) is 4.74 Å². The molecule has 0 atom stereocenters. The average molecular weight is 334 g/mol. The summed E-state index contributed by atoms with van der Waals surface area (Å²) in [4.78, 5) is 29.3. The number of aryl methyl sites for hydroxylation is 2. The van der Waals surface area contributed by atoms with Gasteiger partial charge in [0, 0.05) is 29.2 Å². The molecular weight excluding hydrogens is 316 g/mol. The van der Waals surface area contributed by atoms with Gasteiger partial charge in [-0.2, -0.15) is 0 Å². The highest BCUT2D eigenvalue weighted by Crippen LogP contribution is 2.22. The van der Waals surface area contributed by atoms with Gasteiger partial charge in [0.15, 0.2) is 11.5 Å². The number of ketones is 1. The molecule has 3 aromatic rings. The molecule has 0 aromatic carbocycles. The summed E-state index contributed by atoms with van der Waals surface area (Å²) in [7, 11) is 0. The van der Waals surface area contributed by atoms with E-state index in [1.54, 1.807) is 18.5 Å². The van der Waals surface area contributed by atoms with Crippen molar-refractivity contribution in [3.63, 3.8) is 0 Å². The van der Waals surface area contributed by atoms with Crippen molar-refractivity contribution >= 4 is 5.78 Å². The van der Waals surface area contributed by atoms with Crippen molar-refractivity contribution in [3.05, 3.63) is 71.8 Å². The Kier molecular flexibility index (Phi) is 5.09. The van der Waals surface area contributed by atoms with Crippen molar-refractivity contribution in [2.45, 2.75) is 26.7 Å². The molecule has 0 aliphatic rings. The van der Waals surface area contributed by atoms with E-state index in [9.17, 15) is 4.79 Å². The van der Waals surface area contributed by atoms with Crippen LogP contribution < -0.4 is 4.74 Å². The quantitative estimate of drug-likeness (QED) is 0.643. The molecule has 0 N–H and O–H groups in total. The van der Waals surface area contributed by atoms with Crippen LogP contribution in [0.4, 0.5) is 0 Å². The van der Waals surface area contributed by atoms with Gasteiger partial charge in [-0.1, -0.05) is 13.0 Å². The normalized spacial score (nSPS) is 10.5. The van der Waals surface area contributed by atoms with Crippen molar-refractivity contribution in [3.8, 4) is 11.5 Å². The predicted octanol–water partition coefficient (Wildman–Crippen LogP) is 3.36. The van der Waals surface area contributed by atoms with Gasteiger partial charge >= 0.3 is 0 Å². The monoisotopic (exact) mass is 334 g/mol. The molecule has 0 spiro atoms. The van der Waals surface area contributed by atoms with E-state index in [0.29, 0.717) is 23.6 Å². The maximum absolute atomic E-state index is 12.6. The minimum absolute atomic E-state index is 0.0949. The predicted molar refractivity (Wildman–Crippen MR) is 92.7 cm³/mol. The lowest BCUT2D eigenvalue weighted by Crippen LogP contribution is -2.09. The standard InChI is InChI=1S/C19H18N4O2/c1-3-14-7-16(25-17-10-20-12-21-11-17)9-18(23-14)19(24)8-15-6-4-5-13(2)22-15/h4-7,9-12H,3,8H2,1-2H3. The fourth-order valence-electron chi connectivity index (χ4n) is 2.37. The van der Waals surface area contributed by atoms with Crippen molar-refractivity contribution in [2.24, 2.45) is 0 Å².